The van der Waals surface area contributed by atoms with Crippen molar-refractivity contribution < 1.29 is 4.39 Å². The van der Waals surface area contributed by atoms with Crippen LogP contribution in [0, 0.1) is 12.7 Å². The van der Waals surface area contributed by atoms with E-state index in [9.17, 15) is 4.39 Å². The highest BCUT2D eigenvalue weighted by Gasteiger charge is 2.16. The van der Waals surface area contributed by atoms with E-state index >= 15 is 0 Å². The molecule has 0 amide bonds. The standard InChI is InChI=1S/C19H16FN/c1-15-9-5-7-13-18(15)21(16-10-3-2-4-11-16)19-14-8-6-12-17(19)20/h2-14H,1H3. The fourth-order valence-corrected chi connectivity index (χ4v) is 2.43. The molecule has 0 N–H and O–H groups in total. The van der Waals surface area contributed by atoms with Crippen molar-refractivity contribution in [3.8, 4) is 0 Å². The zero-order valence-corrected chi connectivity index (χ0v) is 11.8. The minimum absolute atomic E-state index is 0.232. The summed E-state index contributed by atoms with van der Waals surface area (Å²) in [6, 6.07) is 24.7. The molecule has 21 heavy (non-hydrogen) atoms. The smallest absolute Gasteiger partial charge is 0.147 e. The van der Waals surface area contributed by atoms with E-state index in [4.69, 9.17) is 0 Å². The van der Waals surface area contributed by atoms with E-state index in [1.54, 1.807) is 12.1 Å². The van der Waals surface area contributed by atoms with Gasteiger partial charge in [-0.25, -0.2) is 4.39 Å². The van der Waals surface area contributed by atoms with E-state index in [1.807, 2.05) is 72.5 Å². The average Bonchev–Trinajstić information content (AvgIpc) is 2.52. The fraction of sp³-hybridized carbons (Fsp3) is 0.0526. The average molecular weight is 277 g/mol. The Kier molecular flexibility index (Phi) is 3.69. The predicted molar refractivity (Wildman–Crippen MR) is 85.8 cm³/mol. The SMILES string of the molecule is Cc1ccccc1N(c1ccccc1)c1ccccc1F. The number of hydrogen-bond donors (Lipinski definition) is 0. The third-order valence-corrected chi connectivity index (χ3v) is 3.46. The van der Waals surface area contributed by atoms with Gasteiger partial charge in [0.05, 0.1) is 5.69 Å². The van der Waals surface area contributed by atoms with E-state index in [1.165, 1.54) is 6.07 Å². The quantitative estimate of drug-likeness (QED) is 0.602. The topological polar surface area (TPSA) is 3.24 Å². The van der Waals surface area contributed by atoms with Gasteiger partial charge in [0, 0.05) is 11.4 Å². The zero-order chi connectivity index (χ0) is 14.7. The molecule has 0 unspecified atom stereocenters. The molecular weight excluding hydrogens is 261 g/mol. The Hall–Kier alpha value is -2.61. The monoisotopic (exact) mass is 277 g/mol. The summed E-state index contributed by atoms with van der Waals surface area (Å²) in [6.07, 6.45) is 0. The van der Waals surface area contributed by atoms with Gasteiger partial charge in [0.15, 0.2) is 0 Å². The molecule has 1 nitrogen and oxygen atoms in total. The molecule has 0 aliphatic carbocycles. The van der Waals surface area contributed by atoms with Crippen LogP contribution in [0.1, 0.15) is 5.56 Å². The molecule has 2 heteroatoms. The van der Waals surface area contributed by atoms with Crippen molar-refractivity contribution in [2.45, 2.75) is 6.92 Å². The van der Waals surface area contributed by atoms with Crippen LogP contribution in [0.15, 0.2) is 78.9 Å². The highest BCUT2D eigenvalue weighted by atomic mass is 19.1. The summed E-state index contributed by atoms with van der Waals surface area (Å²) in [5.74, 6) is -0.232. The van der Waals surface area contributed by atoms with Gasteiger partial charge in [-0.3, -0.25) is 0 Å². The normalized spacial score (nSPS) is 10.4. The van der Waals surface area contributed by atoms with Gasteiger partial charge in [0.1, 0.15) is 5.82 Å². The molecule has 0 radical (unpaired) electrons. The second-order valence-electron chi connectivity index (χ2n) is 4.91. The first kappa shape index (κ1) is 13.4. The van der Waals surface area contributed by atoms with E-state index in [2.05, 4.69) is 0 Å². The number of halogens is 1. The Labute approximate surface area is 124 Å². The van der Waals surface area contributed by atoms with Crippen LogP contribution in [0.5, 0.6) is 0 Å². The van der Waals surface area contributed by atoms with Gasteiger partial charge in [-0.15, -0.1) is 0 Å². The van der Waals surface area contributed by atoms with Crippen molar-refractivity contribution >= 4 is 17.1 Å². The Morgan fingerprint density at radius 1 is 0.667 bits per heavy atom. The van der Waals surface area contributed by atoms with Gasteiger partial charge in [-0.1, -0.05) is 48.5 Å². The molecule has 0 spiro atoms. The molecule has 0 bridgehead atoms. The molecule has 0 saturated heterocycles. The molecule has 104 valence electrons. The number of hydrogen-bond acceptors (Lipinski definition) is 1. The summed E-state index contributed by atoms with van der Waals surface area (Å²) >= 11 is 0. The fourth-order valence-electron chi connectivity index (χ4n) is 2.43. The van der Waals surface area contributed by atoms with E-state index in [-0.39, 0.29) is 5.82 Å². The molecule has 3 aromatic carbocycles. The van der Waals surface area contributed by atoms with E-state index < -0.39 is 0 Å². The van der Waals surface area contributed by atoms with Crippen molar-refractivity contribution in [1.82, 2.24) is 0 Å². The third kappa shape index (κ3) is 2.65. The molecular formula is C19H16FN. The lowest BCUT2D eigenvalue weighted by atomic mass is 10.1. The summed E-state index contributed by atoms with van der Waals surface area (Å²) in [5, 5.41) is 0. The first-order valence-corrected chi connectivity index (χ1v) is 6.93. The lowest BCUT2D eigenvalue weighted by Crippen LogP contribution is -2.12. The van der Waals surface area contributed by atoms with Crippen LogP contribution in [-0.2, 0) is 0 Å². The van der Waals surface area contributed by atoms with Crippen molar-refractivity contribution in [3.63, 3.8) is 0 Å². The Morgan fingerprint density at radius 2 is 1.24 bits per heavy atom. The number of aryl methyl sites for hydroxylation is 1. The van der Waals surface area contributed by atoms with Crippen molar-refractivity contribution in [1.29, 1.82) is 0 Å². The molecule has 3 rings (SSSR count). The largest absolute Gasteiger partial charge is 0.307 e. The molecule has 0 saturated carbocycles. The van der Waals surface area contributed by atoms with Gasteiger partial charge in [-0.05, 0) is 42.8 Å². The Morgan fingerprint density at radius 3 is 1.90 bits per heavy atom. The molecule has 0 heterocycles. The first-order chi connectivity index (χ1) is 10.3. The number of benzene rings is 3. The van der Waals surface area contributed by atoms with Crippen LogP contribution in [0.25, 0.3) is 0 Å². The molecule has 0 fully saturated rings. The second kappa shape index (κ2) is 5.80. The number of para-hydroxylation sites is 3. The van der Waals surface area contributed by atoms with Crippen molar-refractivity contribution in [3.05, 3.63) is 90.2 Å². The van der Waals surface area contributed by atoms with Gasteiger partial charge in [-0.2, -0.15) is 0 Å². The maximum Gasteiger partial charge on any atom is 0.147 e. The van der Waals surface area contributed by atoms with Gasteiger partial charge in [0.2, 0.25) is 0 Å². The lowest BCUT2D eigenvalue weighted by molar-refractivity contribution is 0.629. The highest BCUT2D eigenvalue weighted by Crippen LogP contribution is 2.37. The van der Waals surface area contributed by atoms with E-state index in [0.29, 0.717) is 5.69 Å². The van der Waals surface area contributed by atoms with E-state index in [0.717, 1.165) is 16.9 Å². The Bertz CT molecular complexity index is 692. The minimum atomic E-state index is -0.232. The second-order valence-corrected chi connectivity index (χ2v) is 4.91. The van der Waals surface area contributed by atoms with Gasteiger partial charge < -0.3 is 4.90 Å². The van der Waals surface area contributed by atoms with Crippen LogP contribution < -0.4 is 4.90 Å². The summed E-state index contributed by atoms with van der Waals surface area (Å²) in [4.78, 5) is 1.95. The van der Waals surface area contributed by atoms with Gasteiger partial charge >= 0.3 is 0 Å². The first-order valence-electron chi connectivity index (χ1n) is 6.93. The minimum Gasteiger partial charge on any atom is -0.307 e. The van der Waals surface area contributed by atoms with Crippen molar-refractivity contribution in [2.75, 3.05) is 4.90 Å². The summed E-state index contributed by atoms with van der Waals surface area (Å²) in [7, 11) is 0. The van der Waals surface area contributed by atoms with Crippen LogP contribution in [-0.4, -0.2) is 0 Å². The maximum absolute atomic E-state index is 14.3. The lowest BCUT2D eigenvalue weighted by Gasteiger charge is -2.27. The third-order valence-electron chi connectivity index (χ3n) is 3.46. The molecule has 0 aliphatic rings. The zero-order valence-electron chi connectivity index (χ0n) is 11.8. The molecule has 0 aromatic heterocycles. The Balaban J connectivity index is 2.22. The summed E-state index contributed by atoms with van der Waals surface area (Å²) < 4.78 is 14.3. The number of rotatable bonds is 3. The predicted octanol–water partition coefficient (Wildman–Crippen LogP) is 5.60. The number of nitrogens with zero attached hydrogens (tertiary/aromatic N) is 1. The highest BCUT2D eigenvalue weighted by molar-refractivity contribution is 5.78. The van der Waals surface area contributed by atoms with Crippen LogP contribution in [0.2, 0.25) is 0 Å². The van der Waals surface area contributed by atoms with Crippen LogP contribution in [0.3, 0.4) is 0 Å². The molecule has 3 aromatic rings. The summed E-state index contributed by atoms with van der Waals surface area (Å²) in [5.41, 5.74) is 3.58. The summed E-state index contributed by atoms with van der Waals surface area (Å²) in [6.45, 7) is 2.03. The van der Waals surface area contributed by atoms with Crippen LogP contribution >= 0.6 is 0 Å². The maximum atomic E-state index is 14.3. The van der Waals surface area contributed by atoms with Gasteiger partial charge in [0.25, 0.3) is 0 Å². The molecule has 0 atom stereocenters. The number of anilines is 3. The molecule has 0 aliphatic heterocycles. The van der Waals surface area contributed by atoms with Crippen molar-refractivity contribution in [2.24, 2.45) is 0 Å². The van der Waals surface area contributed by atoms with Crippen LogP contribution in [0.4, 0.5) is 21.5 Å².